The van der Waals surface area contributed by atoms with E-state index in [4.69, 9.17) is 14.6 Å². The highest BCUT2D eigenvalue weighted by Gasteiger charge is 2.48. The van der Waals surface area contributed by atoms with Crippen LogP contribution in [0.3, 0.4) is 0 Å². The molecule has 0 aromatic heterocycles. The van der Waals surface area contributed by atoms with Crippen molar-refractivity contribution >= 4 is 5.97 Å². The fraction of sp³-hybridized carbons (Fsp3) is 0.500. The number of nitrogens with one attached hydrogen (secondary N) is 1. The highest BCUT2D eigenvalue weighted by molar-refractivity contribution is 5.73. The van der Waals surface area contributed by atoms with E-state index in [-0.39, 0.29) is 17.9 Å². The molecule has 1 fully saturated rings. The van der Waals surface area contributed by atoms with Gasteiger partial charge in [0.15, 0.2) is 11.5 Å². The number of benzene rings is 1. The molecular weight excluding hydrogens is 246 g/mol. The lowest BCUT2D eigenvalue weighted by Crippen LogP contribution is -2.20. The third-order valence-corrected chi connectivity index (χ3v) is 3.66. The van der Waals surface area contributed by atoms with E-state index in [1.165, 1.54) is 0 Å². The monoisotopic (exact) mass is 265 g/mol. The van der Waals surface area contributed by atoms with Gasteiger partial charge < -0.3 is 19.9 Å². The zero-order chi connectivity index (χ0) is 14.0. The molecule has 1 aromatic carbocycles. The van der Waals surface area contributed by atoms with E-state index in [0.29, 0.717) is 11.5 Å². The van der Waals surface area contributed by atoms with E-state index >= 15 is 0 Å². The summed E-state index contributed by atoms with van der Waals surface area (Å²) in [4.78, 5) is 11.0. The predicted molar refractivity (Wildman–Crippen MR) is 70.6 cm³/mol. The molecule has 2 rings (SSSR count). The Morgan fingerprint density at radius 2 is 2.05 bits per heavy atom. The molecule has 1 saturated carbocycles. The predicted octanol–water partition coefficient (Wildman–Crippen LogP) is 1.69. The Bertz CT molecular complexity index is 475. The Labute approximate surface area is 112 Å². The first kappa shape index (κ1) is 13.7. The minimum absolute atomic E-state index is 0.0286. The van der Waals surface area contributed by atoms with E-state index in [2.05, 4.69) is 5.32 Å². The quantitative estimate of drug-likeness (QED) is 0.819. The van der Waals surface area contributed by atoms with Crippen molar-refractivity contribution in [1.29, 1.82) is 0 Å². The Hall–Kier alpha value is -1.75. The third kappa shape index (κ3) is 2.66. The molecule has 5 nitrogen and oxygen atoms in total. The minimum atomic E-state index is -0.717. The normalized spacial score (nSPS) is 22.7. The van der Waals surface area contributed by atoms with E-state index in [1.807, 2.05) is 25.2 Å². The van der Waals surface area contributed by atoms with Gasteiger partial charge in [-0.2, -0.15) is 0 Å². The SMILES string of the molecule is CNC(c1ccc(OC)c(OC)c1)C1CC1C(=O)O. The number of ether oxygens (including phenoxy) is 2. The molecule has 104 valence electrons. The zero-order valence-electron chi connectivity index (χ0n) is 11.3. The summed E-state index contributed by atoms with van der Waals surface area (Å²) < 4.78 is 10.5. The lowest BCUT2D eigenvalue weighted by Gasteiger charge is -2.18. The average Bonchev–Trinajstić information content (AvgIpc) is 3.20. The largest absolute Gasteiger partial charge is 0.493 e. The summed E-state index contributed by atoms with van der Waals surface area (Å²) in [5.74, 6) is 0.510. The van der Waals surface area contributed by atoms with Crippen LogP contribution in [0.15, 0.2) is 18.2 Å². The van der Waals surface area contributed by atoms with E-state index in [9.17, 15) is 4.79 Å². The first-order valence-electron chi connectivity index (χ1n) is 6.24. The molecule has 3 unspecified atom stereocenters. The molecule has 1 aliphatic carbocycles. The van der Waals surface area contributed by atoms with E-state index in [0.717, 1.165) is 12.0 Å². The van der Waals surface area contributed by atoms with Crippen LogP contribution in [0.25, 0.3) is 0 Å². The van der Waals surface area contributed by atoms with Crippen LogP contribution in [-0.4, -0.2) is 32.3 Å². The van der Waals surface area contributed by atoms with Crippen LogP contribution >= 0.6 is 0 Å². The van der Waals surface area contributed by atoms with Crippen LogP contribution in [0.5, 0.6) is 11.5 Å². The summed E-state index contributed by atoms with van der Waals surface area (Å²) in [7, 11) is 5.03. The maximum Gasteiger partial charge on any atom is 0.306 e. The Balaban J connectivity index is 2.22. The molecule has 5 heteroatoms. The molecule has 0 saturated heterocycles. The van der Waals surface area contributed by atoms with Crippen molar-refractivity contribution in [2.24, 2.45) is 11.8 Å². The summed E-state index contributed by atoms with van der Waals surface area (Å²) in [5, 5.41) is 12.2. The van der Waals surface area contributed by atoms with Crippen LogP contribution in [0.4, 0.5) is 0 Å². The standard InChI is InChI=1S/C14H19NO4/c1-15-13(9-7-10(9)14(16)17)8-4-5-11(18-2)12(6-8)19-3/h4-6,9-10,13,15H,7H2,1-3H3,(H,16,17). The summed E-state index contributed by atoms with van der Waals surface area (Å²) in [6.45, 7) is 0. The number of carbonyl (C=O) groups is 1. The summed E-state index contributed by atoms with van der Waals surface area (Å²) >= 11 is 0. The summed E-state index contributed by atoms with van der Waals surface area (Å²) in [6, 6.07) is 5.72. The van der Waals surface area contributed by atoms with Crippen molar-refractivity contribution in [2.75, 3.05) is 21.3 Å². The first-order chi connectivity index (χ1) is 9.12. The molecule has 19 heavy (non-hydrogen) atoms. The van der Waals surface area contributed by atoms with Crippen LogP contribution in [0, 0.1) is 11.8 Å². The molecule has 3 atom stereocenters. The van der Waals surface area contributed by atoms with Gasteiger partial charge in [-0.1, -0.05) is 6.07 Å². The van der Waals surface area contributed by atoms with Gasteiger partial charge in [0.2, 0.25) is 0 Å². The average molecular weight is 265 g/mol. The van der Waals surface area contributed by atoms with Crippen LogP contribution in [0.1, 0.15) is 18.0 Å². The highest BCUT2D eigenvalue weighted by atomic mass is 16.5. The van der Waals surface area contributed by atoms with Gasteiger partial charge >= 0.3 is 5.97 Å². The van der Waals surface area contributed by atoms with Crippen LogP contribution < -0.4 is 14.8 Å². The number of hydrogen-bond acceptors (Lipinski definition) is 4. The molecule has 0 aliphatic heterocycles. The molecule has 0 amide bonds. The van der Waals surface area contributed by atoms with Crippen molar-refractivity contribution in [1.82, 2.24) is 5.32 Å². The van der Waals surface area contributed by atoms with E-state index in [1.54, 1.807) is 14.2 Å². The summed E-state index contributed by atoms with van der Waals surface area (Å²) in [5.41, 5.74) is 1.02. The Kier molecular flexibility index (Phi) is 3.95. The van der Waals surface area contributed by atoms with Gasteiger partial charge in [0, 0.05) is 6.04 Å². The first-order valence-corrected chi connectivity index (χ1v) is 6.24. The van der Waals surface area contributed by atoms with Gasteiger partial charge in [-0.3, -0.25) is 4.79 Å². The van der Waals surface area contributed by atoms with Gasteiger partial charge in [0.25, 0.3) is 0 Å². The Morgan fingerprint density at radius 3 is 2.53 bits per heavy atom. The van der Waals surface area contributed by atoms with Crippen molar-refractivity contribution in [3.8, 4) is 11.5 Å². The zero-order valence-corrected chi connectivity index (χ0v) is 11.3. The Morgan fingerprint density at radius 1 is 1.37 bits per heavy atom. The highest BCUT2D eigenvalue weighted by Crippen LogP contribution is 2.48. The van der Waals surface area contributed by atoms with Gasteiger partial charge in [-0.25, -0.2) is 0 Å². The number of aliphatic carboxylic acids is 1. The second-order valence-electron chi connectivity index (χ2n) is 4.73. The molecule has 0 radical (unpaired) electrons. The van der Waals surface area contributed by atoms with Gasteiger partial charge in [0.05, 0.1) is 20.1 Å². The molecule has 0 heterocycles. The topological polar surface area (TPSA) is 67.8 Å². The fourth-order valence-corrected chi connectivity index (χ4v) is 2.54. The number of methoxy groups -OCH3 is 2. The van der Waals surface area contributed by atoms with Gasteiger partial charge in [-0.15, -0.1) is 0 Å². The lowest BCUT2D eigenvalue weighted by atomic mass is 10.0. The number of carboxylic acids is 1. The van der Waals surface area contributed by atoms with Gasteiger partial charge in [0.1, 0.15) is 0 Å². The van der Waals surface area contributed by atoms with Crippen molar-refractivity contribution < 1.29 is 19.4 Å². The number of carboxylic acid groups (broad SMARTS) is 1. The van der Waals surface area contributed by atoms with Crippen molar-refractivity contribution in [3.05, 3.63) is 23.8 Å². The molecule has 0 spiro atoms. The molecule has 2 N–H and O–H groups in total. The maximum atomic E-state index is 11.0. The van der Waals surface area contributed by atoms with Crippen molar-refractivity contribution in [2.45, 2.75) is 12.5 Å². The maximum absolute atomic E-state index is 11.0. The molecule has 0 bridgehead atoms. The third-order valence-electron chi connectivity index (χ3n) is 3.66. The van der Waals surface area contributed by atoms with E-state index < -0.39 is 5.97 Å². The van der Waals surface area contributed by atoms with Crippen molar-refractivity contribution in [3.63, 3.8) is 0 Å². The number of hydrogen-bond donors (Lipinski definition) is 2. The minimum Gasteiger partial charge on any atom is -0.493 e. The number of rotatable bonds is 6. The fourth-order valence-electron chi connectivity index (χ4n) is 2.54. The molecule has 1 aliphatic rings. The summed E-state index contributed by atoms with van der Waals surface area (Å²) in [6.07, 6.45) is 0.717. The second-order valence-corrected chi connectivity index (χ2v) is 4.73. The second kappa shape index (κ2) is 5.48. The lowest BCUT2D eigenvalue weighted by molar-refractivity contribution is -0.138. The van der Waals surface area contributed by atoms with Gasteiger partial charge in [-0.05, 0) is 37.1 Å². The van der Waals surface area contributed by atoms with Crippen LogP contribution in [-0.2, 0) is 4.79 Å². The van der Waals surface area contributed by atoms with Crippen LogP contribution in [0.2, 0.25) is 0 Å². The smallest absolute Gasteiger partial charge is 0.306 e. The molecular formula is C14H19NO4. The molecule has 1 aromatic rings.